The van der Waals surface area contributed by atoms with Gasteiger partial charge in [-0.2, -0.15) is 0 Å². The Morgan fingerprint density at radius 3 is 2.72 bits per heavy atom. The largest absolute Gasteiger partial charge is 0.469 e. The highest BCUT2D eigenvalue weighted by Gasteiger charge is 2.30. The highest BCUT2D eigenvalue weighted by Crippen LogP contribution is 2.35. The highest BCUT2D eigenvalue weighted by atomic mass is 16.5. The van der Waals surface area contributed by atoms with Gasteiger partial charge in [-0.1, -0.05) is 37.3 Å². The molecule has 18 heavy (non-hydrogen) atoms. The van der Waals surface area contributed by atoms with Crippen molar-refractivity contribution < 1.29 is 14.3 Å². The smallest absolute Gasteiger partial charge is 0.308 e. The van der Waals surface area contributed by atoms with E-state index in [0.717, 1.165) is 12.8 Å². The van der Waals surface area contributed by atoms with Crippen molar-refractivity contribution in [2.45, 2.75) is 38.4 Å². The molecule has 0 saturated carbocycles. The fraction of sp³-hybridized carbons (Fsp3) is 0.533. The number of carbonyl (C=O) groups excluding carboxylic acids is 1. The summed E-state index contributed by atoms with van der Waals surface area (Å²) < 4.78 is 10.8. The zero-order valence-corrected chi connectivity index (χ0v) is 11.0. The van der Waals surface area contributed by atoms with Gasteiger partial charge >= 0.3 is 5.97 Å². The van der Waals surface area contributed by atoms with Crippen LogP contribution in [0.3, 0.4) is 0 Å². The lowest BCUT2D eigenvalue weighted by molar-refractivity contribution is -0.150. The predicted molar refractivity (Wildman–Crippen MR) is 69.1 cm³/mol. The first-order valence-corrected chi connectivity index (χ1v) is 6.48. The van der Waals surface area contributed by atoms with Crippen molar-refractivity contribution >= 4 is 5.97 Å². The molecular formula is C15H20O3. The van der Waals surface area contributed by atoms with E-state index in [0.29, 0.717) is 12.3 Å². The van der Waals surface area contributed by atoms with E-state index in [-0.39, 0.29) is 18.2 Å². The van der Waals surface area contributed by atoms with E-state index >= 15 is 0 Å². The van der Waals surface area contributed by atoms with Gasteiger partial charge in [0, 0.05) is 0 Å². The lowest BCUT2D eigenvalue weighted by Crippen LogP contribution is -2.32. The lowest BCUT2D eigenvalue weighted by Gasteiger charge is -2.34. The Labute approximate surface area is 108 Å². The summed E-state index contributed by atoms with van der Waals surface area (Å²) in [5.41, 5.74) is 1.19. The standard InChI is InChI=1S/C15H20O3/c1-11-8-9-13(12-6-4-3-5-7-12)18-14(11)10-15(16)17-2/h3-7,11,13-14H,8-10H2,1-2H3/t11?,13-,14-/m0/s1. The predicted octanol–water partition coefficient (Wildman–Crippen LogP) is 3.11. The molecule has 0 N–H and O–H groups in total. The van der Waals surface area contributed by atoms with Crippen LogP contribution in [-0.4, -0.2) is 19.2 Å². The van der Waals surface area contributed by atoms with E-state index in [4.69, 9.17) is 9.47 Å². The van der Waals surface area contributed by atoms with Gasteiger partial charge in [0.05, 0.1) is 25.7 Å². The lowest BCUT2D eigenvalue weighted by atomic mass is 9.89. The quantitative estimate of drug-likeness (QED) is 0.771. The molecule has 98 valence electrons. The van der Waals surface area contributed by atoms with Gasteiger partial charge < -0.3 is 9.47 Å². The molecule has 1 aliphatic rings. The Morgan fingerprint density at radius 2 is 2.06 bits per heavy atom. The maximum absolute atomic E-state index is 11.4. The SMILES string of the molecule is COC(=O)C[C@@H]1O[C@H](c2ccccc2)CCC1C. The average molecular weight is 248 g/mol. The second-order valence-corrected chi connectivity index (χ2v) is 4.91. The zero-order valence-electron chi connectivity index (χ0n) is 11.0. The minimum Gasteiger partial charge on any atom is -0.469 e. The number of benzene rings is 1. The molecule has 1 aromatic carbocycles. The van der Waals surface area contributed by atoms with Gasteiger partial charge in [-0.25, -0.2) is 0 Å². The number of ether oxygens (including phenoxy) is 2. The van der Waals surface area contributed by atoms with Crippen molar-refractivity contribution in [2.75, 3.05) is 7.11 Å². The topological polar surface area (TPSA) is 35.5 Å². The number of esters is 1. The van der Waals surface area contributed by atoms with Crippen molar-refractivity contribution in [3.05, 3.63) is 35.9 Å². The molecule has 0 amide bonds. The van der Waals surface area contributed by atoms with Crippen molar-refractivity contribution in [3.8, 4) is 0 Å². The molecule has 0 bridgehead atoms. The maximum Gasteiger partial charge on any atom is 0.308 e. The minimum absolute atomic E-state index is 0.0311. The molecule has 0 spiro atoms. The Kier molecular flexibility index (Phi) is 4.37. The van der Waals surface area contributed by atoms with Crippen LogP contribution in [0.1, 0.15) is 37.9 Å². The summed E-state index contributed by atoms with van der Waals surface area (Å²) in [4.78, 5) is 11.4. The summed E-state index contributed by atoms with van der Waals surface area (Å²) in [7, 11) is 1.42. The van der Waals surface area contributed by atoms with Crippen LogP contribution in [0.2, 0.25) is 0 Å². The van der Waals surface area contributed by atoms with E-state index in [9.17, 15) is 4.79 Å². The van der Waals surface area contributed by atoms with Crippen LogP contribution in [-0.2, 0) is 14.3 Å². The average Bonchev–Trinajstić information content (AvgIpc) is 2.42. The summed E-state index contributed by atoms with van der Waals surface area (Å²) in [6.07, 6.45) is 2.53. The van der Waals surface area contributed by atoms with Crippen molar-refractivity contribution in [1.29, 1.82) is 0 Å². The van der Waals surface area contributed by atoms with E-state index in [1.165, 1.54) is 12.7 Å². The molecule has 1 fully saturated rings. The summed E-state index contributed by atoms with van der Waals surface area (Å²) in [6.45, 7) is 2.13. The Balaban J connectivity index is 2.02. The molecule has 3 atom stereocenters. The number of carbonyl (C=O) groups is 1. The molecule has 3 nitrogen and oxygen atoms in total. The van der Waals surface area contributed by atoms with Crippen LogP contribution in [0.25, 0.3) is 0 Å². The summed E-state index contributed by atoms with van der Waals surface area (Å²) in [5.74, 6) is 0.213. The van der Waals surface area contributed by atoms with Crippen LogP contribution in [0.15, 0.2) is 30.3 Å². The summed E-state index contributed by atoms with van der Waals surface area (Å²) in [5, 5.41) is 0. The molecule has 0 aliphatic carbocycles. The van der Waals surface area contributed by atoms with Gasteiger partial charge in [-0.15, -0.1) is 0 Å². The first-order chi connectivity index (χ1) is 8.70. The van der Waals surface area contributed by atoms with Gasteiger partial charge in [0.1, 0.15) is 0 Å². The molecule has 2 rings (SSSR count). The maximum atomic E-state index is 11.4. The van der Waals surface area contributed by atoms with Crippen LogP contribution >= 0.6 is 0 Å². The molecule has 0 aromatic heterocycles. The number of hydrogen-bond acceptors (Lipinski definition) is 3. The third kappa shape index (κ3) is 3.10. The summed E-state index contributed by atoms with van der Waals surface area (Å²) >= 11 is 0. The number of hydrogen-bond donors (Lipinski definition) is 0. The Bertz CT molecular complexity index is 388. The minimum atomic E-state index is -0.194. The second-order valence-electron chi connectivity index (χ2n) is 4.91. The third-order valence-corrected chi connectivity index (χ3v) is 3.62. The van der Waals surface area contributed by atoms with Gasteiger partial charge in [-0.05, 0) is 24.3 Å². The number of methoxy groups -OCH3 is 1. The van der Waals surface area contributed by atoms with Crippen molar-refractivity contribution in [3.63, 3.8) is 0 Å². The molecule has 3 heteroatoms. The monoisotopic (exact) mass is 248 g/mol. The third-order valence-electron chi connectivity index (χ3n) is 3.62. The van der Waals surface area contributed by atoms with Gasteiger partial charge in [0.25, 0.3) is 0 Å². The molecule has 1 aliphatic heterocycles. The highest BCUT2D eigenvalue weighted by molar-refractivity contribution is 5.69. The van der Waals surface area contributed by atoms with E-state index < -0.39 is 0 Å². The Morgan fingerprint density at radius 1 is 1.33 bits per heavy atom. The van der Waals surface area contributed by atoms with Crippen LogP contribution in [0.5, 0.6) is 0 Å². The van der Waals surface area contributed by atoms with Gasteiger partial charge in [0.15, 0.2) is 0 Å². The fourth-order valence-electron chi connectivity index (χ4n) is 2.42. The molecular weight excluding hydrogens is 228 g/mol. The zero-order chi connectivity index (χ0) is 13.0. The fourth-order valence-corrected chi connectivity index (χ4v) is 2.42. The van der Waals surface area contributed by atoms with E-state index in [1.54, 1.807) is 0 Å². The molecule has 0 radical (unpaired) electrons. The van der Waals surface area contributed by atoms with E-state index in [2.05, 4.69) is 19.1 Å². The van der Waals surface area contributed by atoms with Crippen molar-refractivity contribution in [1.82, 2.24) is 0 Å². The van der Waals surface area contributed by atoms with Crippen molar-refractivity contribution in [2.24, 2.45) is 5.92 Å². The Hall–Kier alpha value is -1.35. The van der Waals surface area contributed by atoms with E-state index in [1.807, 2.05) is 18.2 Å². The number of rotatable bonds is 3. The van der Waals surface area contributed by atoms with Gasteiger partial charge in [-0.3, -0.25) is 4.79 Å². The molecule has 1 aromatic rings. The molecule has 1 heterocycles. The first kappa shape index (κ1) is 13.1. The van der Waals surface area contributed by atoms with Crippen LogP contribution in [0.4, 0.5) is 0 Å². The second kappa shape index (κ2) is 6.01. The van der Waals surface area contributed by atoms with Gasteiger partial charge in [0.2, 0.25) is 0 Å². The summed E-state index contributed by atoms with van der Waals surface area (Å²) in [6, 6.07) is 10.2. The first-order valence-electron chi connectivity index (χ1n) is 6.48. The normalized spacial score (nSPS) is 27.8. The van der Waals surface area contributed by atoms with Crippen LogP contribution < -0.4 is 0 Å². The molecule has 1 unspecified atom stereocenters. The van der Waals surface area contributed by atoms with Crippen LogP contribution in [0, 0.1) is 5.92 Å². The molecule has 1 saturated heterocycles.